The first-order valence-corrected chi connectivity index (χ1v) is 9.81. The number of aliphatic hydroxyl groups excluding tert-OH is 1. The van der Waals surface area contributed by atoms with Gasteiger partial charge in [0.05, 0.1) is 29.5 Å². The van der Waals surface area contributed by atoms with Crippen molar-refractivity contribution in [2.75, 3.05) is 13.1 Å². The summed E-state index contributed by atoms with van der Waals surface area (Å²) in [5, 5.41) is 10.9. The molecule has 1 amide bonds. The number of benzene rings is 2. The Hall–Kier alpha value is -2.70. The van der Waals surface area contributed by atoms with Crippen LogP contribution in [0, 0.1) is 0 Å². The van der Waals surface area contributed by atoms with E-state index in [-0.39, 0.29) is 23.9 Å². The topological polar surface area (TPSA) is 84.4 Å². The third-order valence-electron chi connectivity index (χ3n) is 6.60. The van der Waals surface area contributed by atoms with Gasteiger partial charge in [-0.2, -0.15) is 0 Å². The first-order chi connectivity index (χ1) is 13.6. The lowest BCUT2D eigenvalue weighted by Gasteiger charge is -2.42. The number of rotatable bonds is 2. The number of carbonyl (C=O) groups is 1. The highest BCUT2D eigenvalue weighted by atomic mass is 16.3. The molecule has 28 heavy (non-hydrogen) atoms. The van der Waals surface area contributed by atoms with Crippen molar-refractivity contribution in [3.8, 4) is 0 Å². The maximum absolute atomic E-state index is 12.9. The highest BCUT2D eigenvalue weighted by Gasteiger charge is 2.51. The Morgan fingerprint density at radius 2 is 1.86 bits per heavy atom. The van der Waals surface area contributed by atoms with Gasteiger partial charge in [0.1, 0.15) is 6.54 Å². The van der Waals surface area contributed by atoms with Crippen molar-refractivity contribution in [3.05, 3.63) is 66.0 Å². The van der Waals surface area contributed by atoms with E-state index < -0.39 is 6.10 Å². The number of para-hydroxylation sites is 2. The van der Waals surface area contributed by atoms with Crippen LogP contribution in [0.3, 0.4) is 0 Å². The minimum Gasteiger partial charge on any atom is -0.390 e. The fourth-order valence-corrected chi connectivity index (χ4v) is 5.02. The van der Waals surface area contributed by atoms with Crippen LogP contribution in [0.1, 0.15) is 30.0 Å². The predicted octanol–water partition coefficient (Wildman–Crippen LogP) is 1.97. The highest BCUT2D eigenvalue weighted by molar-refractivity contribution is 5.80. The number of nitrogens with zero attached hydrogens (tertiary/aromatic N) is 3. The van der Waals surface area contributed by atoms with E-state index in [9.17, 15) is 9.90 Å². The van der Waals surface area contributed by atoms with Crippen molar-refractivity contribution < 1.29 is 9.90 Å². The minimum absolute atomic E-state index is 0.0862. The minimum atomic E-state index is -0.597. The number of aliphatic hydroxyl groups is 1. The summed E-state index contributed by atoms with van der Waals surface area (Å²) in [5.74, 6) is 0.0862. The van der Waals surface area contributed by atoms with Crippen LogP contribution in [-0.2, 0) is 16.8 Å². The molecule has 2 atom stereocenters. The van der Waals surface area contributed by atoms with Gasteiger partial charge in [-0.25, -0.2) is 4.98 Å². The lowest BCUT2D eigenvalue weighted by molar-refractivity contribution is -0.134. The molecule has 2 aromatic carbocycles. The van der Waals surface area contributed by atoms with Gasteiger partial charge in [0, 0.05) is 18.5 Å². The van der Waals surface area contributed by atoms with Crippen LogP contribution >= 0.6 is 0 Å². The summed E-state index contributed by atoms with van der Waals surface area (Å²) >= 11 is 0. The molecule has 1 aromatic heterocycles. The number of carbonyl (C=O) groups excluding carboxylic acids is 1. The first kappa shape index (κ1) is 17.4. The molecule has 0 saturated carbocycles. The molecule has 1 fully saturated rings. The van der Waals surface area contributed by atoms with Gasteiger partial charge in [0.15, 0.2) is 0 Å². The van der Waals surface area contributed by atoms with Gasteiger partial charge >= 0.3 is 0 Å². The summed E-state index contributed by atoms with van der Waals surface area (Å²) in [6, 6.07) is 15.6. The zero-order valence-corrected chi connectivity index (χ0v) is 15.7. The van der Waals surface area contributed by atoms with Crippen molar-refractivity contribution in [2.24, 2.45) is 5.73 Å². The van der Waals surface area contributed by atoms with Crippen molar-refractivity contribution in [1.29, 1.82) is 0 Å². The summed E-state index contributed by atoms with van der Waals surface area (Å²) in [4.78, 5) is 19.2. The lowest BCUT2D eigenvalue weighted by atomic mass is 9.72. The number of fused-ring (bicyclic) bond motifs is 3. The smallest absolute Gasteiger partial charge is 0.242 e. The molecule has 1 saturated heterocycles. The van der Waals surface area contributed by atoms with Gasteiger partial charge in [-0.15, -0.1) is 0 Å². The molecule has 0 radical (unpaired) electrons. The van der Waals surface area contributed by atoms with Crippen LogP contribution < -0.4 is 5.73 Å². The molecule has 5 rings (SSSR count). The Morgan fingerprint density at radius 3 is 2.68 bits per heavy atom. The molecule has 2 heterocycles. The maximum atomic E-state index is 12.9. The second-order valence-electron chi connectivity index (χ2n) is 7.96. The largest absolute Gasteiger partial charge is 0.390 e. The standard InChI is InChI=1S/C22H24N4O2/c23-20-15-5-1-2-6-16(15)22(21(20)28)9-11-25(12-10-22)19(27)13-26-14-24-17-7-3-4-8-18(17)26/h1-8,14,20-21,28H,9-13,23H2/t20-,21+/m1/s1. The summed E-state index contributed by atoms with van der Waals surface area (Å²) in [7, 11) is 0. The van der Waals surface area contributed by atoms with Gasteiger partial charge in [0.2, 0.25) is 5.91 Å². The molecular formula is C22H24N4O2. The second-order valence-corrected chi connectivity index (χ2v) is 7.96. The zero-order valence-electron chi connectivity index (χ0n) is 15.7. The molecule has 3 aromatic rings. The second kappa shape index (κ2) is 6.43. The third kappa shape index (κ3) is 2.48. The Labute approximate surface area is 163 Å². The fraction of sp³-hybridized carbons (Fsp3) is 0.364. The Balaban J connectivity index is 1.33. The van der Waals surface area contributed by atoms with Crippen LogP contribution in [0.5, 0.6) is 0 Å². The molecule has 144 valence electrons. The van der Waals surface area contributed by atoms with Crippen molar-refractivity contribution in [2.45, 2.75) is 36.9 Å². The molecule has 3 N–H and O–H groups in total. The first-order valence-electron chi connectivity index (χ1n) is 9.81. The monoisotopic (exact) mass is 376 g/mol. The number of imidazole rings is 1. The number of likely N-dealkylation sites (tertiary alicyclic amines) is 1. The van der Waals surface area contributed by atoms with E-state index in [1.54, 1.807) is 6.33 Å². The number of aromatic nitrogens is 2. The van der Waals surface area contributed by atoms with Crippen LogP contribution in [-0.4, -0.2) is 44.7 Å². The van der Waals surface area contributed by atoms with Crippen LogP contribution in [0.4, 0.5) is 0 Å². The summed E-state index contributed by atoms with van der Waals surface area (Å²) in [6.07, 6.45) is 2.59. The molecule has 2 aliphatic rings. The summed E-state index contributed by atoms with van der Waals surface area (Å²) < 4.78 is 1.90. The number of piperidine rings is 1. The molecule has 6 nitrogen and oxygen atoms in total. The molecule has 6 heteroatoms. The number of nitrogens with two attached hydrogens (primary N) is 1. The molecule has 1 aliphatic heterocycles. The maximum Gasteiger partial charge on any atom is 0.242 e. The number of amides is 1. The highest BCUT2D eigenvalue weighted by Crippen LogP contribution is 2.49. The average molecular weight is 376 g/mol. The van der Waals surface area contributed by atoms with Gasteiger partial charge in [-0.05, 0) is 36.1 Å². The molecule has 0 unspecified atom stereocenters. The molecule has 0 bridgehead atoms. The molecular weight excluding hydrogens is 352 g/mol. The van der Waals surface area contributed by atoms with E-state index in [1.807, 2.05) is 51.9 Å². The Morgan fingerprint density at radius 1 is 1.14 bits per heavy atom. The van der Waals surface area contributed by atoms with Gasteiger partial charge in [-0.1, -0.05) is 36.4 Å². The van der Waals surface area contributed by atoms with Gasteiger partial charge < -0.3 is 20.3 Å². The molecule has 1 aliphatic carbocycles. The van der Waals surface area contributed by atoms with E-state index in [0.717, 1.165) is 35.0 Å². The van der Waals surface area contributed by atoms with Gasteiger partial charge in [-0.3, -0.25) is 4.79 Å². The van der Waals surface area contributed by atoms with Crippen LogP contribution in [0.2, 0.25) is 0 Å². The zero-order chi connectivity index (χ0) is 19.3. The van der Waals surface area contributed by atoms with E-state index in [4.69, 9.17) is 5.73 Å². The van der Waals surface area contributed by atoms with E-state index in [1.165, 1.54) is 0 Å². The quantitative estimate of drug-likeness (QED) is 0.716. The van der Waals surface area contributed by atoms with Crippen LogP contribution in [0.25, 0.3) is 11.0 Å². The number of hydrogen-bond donors (Lipinski definition) is 2. The molecule has 1 spiro atoms. The van der Waals surface area contributed by atoms with Gasteiger partial charge in [0.25, 0.3) is 0 Å². The fourth-order valence-electron chi connectivity index (χ4n) is 5.02. The third-order valence-corrected chi connectivity index (χ3v) is 6.60. The summed E-state index contributed by atoms with van der Waals surface area (Å²) in [6.45, 7) is 1.54. The lowest BCUT2D eigenvalue weighted by Crippen LogP contribution is -2.50. The average Bonchev–Trinajstić information content (AvgIpc) is 3.23. The van der Waals surface area contributed by atoms with Crippen molar-refractivity contribution in [3.63, 3.8) is 0 Å². The Bertz CT molecular complexity index is 1040. The van der Waals surface area contributed by atoms with Crippen molar-refractivity contribution >= 4 is 16.9 Å². The van der Waals surface area contributed by atoms with E-state index >= 15 is 0 Å². The SMILES string of the molecule is N[C@@H]1c2ccccc2C2(CCN(C(=O)Cn3cnc4ccccc43)CC2)[C@H]1O. The normalized spacial score (nSPS) is 23.3. The van der Waals surface area contributed by atoms with Crippen LogP contribution in [0.15, 0.2) is 54.9 Å². The van der Waals surface area contributed by atoms with Crippen molar-refractivity contribution in [1.82, 2.24) is 14.5 Å². The number of hydrogen-bond acceptors (Lipinski definition) is 4. The van der Waals surface area contributed by atoms with E-state index in [2.05, 4.69) is 11.1 Å². The predicted molar refractivity (Wildman–Crippen MR) is 107 cm³/mol. The summed E-state index contributed by atoms with van der Waals surface area (Å²) in [5.41, 5.74) is 10.0. The Kier molecular flexibility index (Phi) is 4.00. The van der Waals surface area contributed by atoms with E-state index in [0.29, 0.717) is 13.1 Å².